The Morgan fingerprint density at radius 3 is 2.81 bits per heavy atom. The van der Waals surface area contributed by atoms with Crippen molar-refractivity contribution in [3.63, 3.8) is 0 Å². The zero-order valence-electron chi connectivity index (χ0n) is 10.8. The van der Waals surface area contributed by atoms with Crippen molar-refractivity contribution >= 4 is 17.3 Å². The number of thiophene rings is 1. The van der Waals surface area contributed by atoms with Crippen molar-refractivity contribution in [1.29, 1.82) is 0 Å². The summed E-state index contributed by atoms with van der Waals surface area (Å²) in [5.41, 5.74) is -0.787. The number of ether oxygens (including phenoxy) is 2. The van der Waals surface area contributed by atoms with E-state index in [0.717, 1.165) is 22.8 Å². The fraction of sp³-hybridized carbons (Fsp3) is 0.333. The predicted octanol–water partition coefficient (Wildman–Crippen LogP) is 3.51. The van der Waals surface area contributed by atoms with E-state index in [-0.39, 0.29) is 29.7 Å². The molecule has 0 aromatic carbocycles. The van der Waals surface area contributed by atoms with Gasteiger partial charge in [-0.15, -0.1) is 11.3 Å². The number of nitrogens with zero attached hydrogens (tertiary/aromatic N) is 1. The normalized spacial score (nSPS) is 11.4. The molecule has 2 aromatic rings. The maximum Gasteiger partial charge on any atom is 0.417 e. The second kappa shape index (κ2) is 6.17. The number of halogens is 3. The van der Waals surface area contributed by atoms with E-state index in [1.165, 1.54) is 6.07 Å². The van der Waals surface area contributed by atoms with Crippen LogP contribution in [0, 0.1) is 0 Å². The molecule has 114 valence electrons. The summed E-state index contributed by atoms with van der Waals surface area (Å²) >= 11 is 0.821. The van der Waals surface area contributed by atoms with E-state index in [2.05, 4.69) is 5.16 Å². The molecule has 0 saturated heterocycles. The topological polar surface area (TPSA) is 61.6 Å². The van der Waals surface area contributed by atoms with Crippen LogP contribution in [0.2, 0.25) is 0 Å². The van der Waals surface area contributed by atoms with Crippen LogP contribution >= 0.6 is 11.3 Å². The van der Waals surface area contributed by atoms with Gasteiger partial charge in [-0.05, 0) is 6.92 Å². The van der Waals surface area contributed by atoms with Crippen LogP contribution in [0.1, 0.15) is 28.7 Å². The molecule has 2 heterocycles. The second-order valence-electron chi connectivity index (χ2n) is 3.84. The molecule has 5 nitrogen and oxygen atoms in total. The molecule has 0 aliphatic rings. The Morgan fingerprint density at radius 1 is 1.43 bits per heavy atom. The van der Waals surface area contributed by atoms with Gasteiger partial charge in [0.05, 0.1) is 12.2 Å². The highest BCUT2D eigenvalue weighted by molar-refractivity contribution is 7.12. The smallest absolute Gasteiger partial charge is 0.417 e. The van der Waals surface area contributed by atoms with Crippen molar-refractivity contribution in [2.24, 2.45) is 0 Å². The van der Waals surface area contributed by atoms with Gasteiger partial charge >= 0.3 is 12.1 Å². The van der Waals surface area contributed by atoms with Crippen molar-refractivity contribution in [1.82, 2.24) is 5.16 Å². The largest absolute Gasteiger partial charge is 0.476 e. The van der Waals surface area contributed by atoms with Crippen molar-refractivity contribution in [2.45, 2.75) is 19.7 Å². The summed E-state index contributed by atoms with van der Waals surface area (Å²) in [6, 6.07) is 2.21. The molecule has 0 saturated carbocycles. The number of rotatable bonds is 5. The lowest BCUT2D eigenvalue weighted by atomic mass is 10.3. The first kappa shape index (κ1) is 15.4. The Hall–Kier alpha value is -2.03. The molecule has 2 aromatic heterocycles. The zero-order chi connectivity index (χ0) is 15.5. The van der Waals surface area contributed by atoms with Crippen LogP contribution in [0.4, 0.5) is 13.2 Å². The summed E-state index contributed by atoms with van der Waals surface area (Å²) in [6.07, 6.45) is -4.40. The SMILES string of the molecule is CCOC(=O)c1cc(COc2cc(C(F)(F)F)cs2)on1. The van der Waals surface area contributed by atoms with E-state index in [1.807, 2.05) is 0 Å². The fourth-order valence-electron chi connectivity index (χ4n) is 1.37. The first-order valence-corrected chi connectivity index (χ1v) is 6.69. The highest BCUT2D eigenvalue weighted by Crippen LogP contribution is 2.35. The average Bonchev–Trinajstić information content (AvgIpc) is 3.05. The predicted molar refractivity (Wildman–Crippen MR) is 66.1 cm³/mol. The van der Waals surface area contributed by atoms with E-state index in [0.29, 0.717) is 0 Å². The van der Waals surface area contributed by atoms with Crippen molar-refractivity contribution in [2.75, 3.05) is 6.61 Å². The summed E-state index contributed by atoms with van der Waals surface area (Å²) in [5, 5.41) is 4.54. The first-order valence-electron chi connectivity index (χ1n) is 5.81. The van der Waals surface area contributed by atoms with E-state index in [9.17, 15) is 18.0 Å². The number of carbonyl (C=O) groups is 1. The quantitative estimate of drug-likeness (QED) is 0.789. The highest BCUT2D eigenvalue weighted by Gasteiger charge is 2.32. The Balaban J connectivity index is 1.94. The monoisotopic (exact) mass is 321 g/mol. The number of alkyl halides is 3. The van der Waals surface area contributed by atoms with Crippen LogP contribution in [0.25, 0.3) is 0 Å². The number of hydrogen-bond acceptors (Lipinski definition) is 6. The van der Waals surface area contributed by atoms with Crippen molar-refractivity contribution in [3.8, 4) is 5.06 Å². The molecule has 9 heteroatoms. The van der Waals surface area contributed by atoms with Gasteiger partial charge in [-0.3, -0.25) is 0 Å². The van der Waals surface area contributed by atoms with E-state index >= 15 is 0 Å². The molecule has 0 bridgehead atoms. The lowest BCUT2D eigenvalue weighted by Crippen LogP contribution is -2.04. The molecule has 0 amide bonds. The number of carbonyl (C=O) groups excluding carboxylic acids is 1. The van der Waals surface area contributed by atoms with E-state index < -0.39 is 17.7 Å². The Bertz CT molecular complexity index is 620. The van der Waals surface area contributed by atoms with Crippen LogP contribution in [-0.2, 0) is 17.5 Å². The molecular weight excluding hydrogens is 311 g/mol. The molecule has 0 atom stereocenters. The molecule has 0 N–H and O–H groups in total. The maximum atomic E-state index is 12.4. The van der Waals surface area contributed by atoms with Gasteiger partial charge < -0.3 is 14.0 Å². The summed E-state index contributed by atoms with van der Waals surface area (Å²) in [4.78, 5) is 11.3. The van der Waals surface area contributed by atoms with Crippen LogP contribution in [0.15, 0.2) is 22.0 Å². The van der Waals surface area contributed by atoms with Gasteiger partial charge in [0.25, 0.3) is 0 Å². The van der Waals surface area contributed by atoms with Gasteiger partial charge in [-0.2, -0.15) is 13.2 Å². The second-order valence-corrected chi connectivity index (χ2v) is 4.71. The number of hydrogen-bond donors (Lipinski definition) is 0. The summed E-state index contributed by atoms with van der Waals surface area (Å²) in [6.45, 7) is 1.72. The average molecular weight is 321 g/mol. The standard InChI is InChI=1S/C12H10F3NO4S/c1-2-18-11(17)9-4-8(20-16-9)5-19-10-3-7(6-21-10)12(13,14)15/h3-4,6H,2,5H2,1H3. The molecule has 21 heavy (non-hydrogen) atoms. The molecule has 2 rings (SSSR count). The Labute approximate surface area is 121 Å². The lowest BCUT2D eigenvalue weighted by Gasteiger charge is -2.01. The van der Waals surface area contributed by atoms with Gasteiger partial charge in [0.2, 0.25) is 0 Å². The van der Waals surface area contributed by atoms with Crippen LogP contribution in [0.3, 0.4) is 0 Å². The van der Waals surface area contributed by atoms with Crippen LogP contribution < -0.4 is 4.74 Å². The highest BCUT2D eigenvalue weighted by atomic mass is 32.1. The molecule has 0 radical (unpaired) electrons. The van der Waals surface area contributed by atoms with Gasteiger partial charge in [-0.25, -0.2) is 4.79 Å². The van der Waals surface area contributed by atoms with Gasteiger partial charge in [0.15, 0.2) is 16.5 Å². The molecule has 0 aliphatic carbocycles. The summed E-state index contributed by atoms with van der Waals surface area (Å²) in [7, 11) is 0. The van der Waals surface area contributed by atoms with Crippen molar-refractivity contribution in [3.05, 3.63) is 34.5 Å². The van der Waals surface area contributed by atoms with E-state index in [4.69, 9.17) is 14.0 Å². The Morgan fingerprint density at radius 2 is 2.19 bits per heavy atom. The fourth-order valence-corrected chi connectivity index (χ4v) is 2.13. The maximum absolute atomic E-state index is 12.4. The minimum Gasteiger partial charge on any atom is -0.476 e. The van der Waals surface area contributed by atoms with Gasteiger partial charge in [-0.1, -0.05) is 5.16 Å². The van der Waals surface area contributed by atoms with Gasteiger partial charge in [0.1, 0.15) is 6.61 Å². The minimum atomic E-state index is -4.40. The zero-order valence-corrected chi connectivity index (χ0v) is 11.6. The third kappa shape index (κ3) is 3.97. The molecule has 0 spiro atoms. The van der Waals surface area contributed by atoms with Gasteiger partial charge in [0, 0.05) is 17.5 Å². The van der Waals surface area contributed by atoms with E-state index in [1.54, 1.807) is 6.92 Å². The van der Waals surface area contributed by atoms with Crippen molar-refractivity contribution < 1.29 is 32.0 Å². The number of esters is 1. The number of aromatic nitrogens is 1. The Kier molecular flexibility index (Phi) is 4.51. The third-order valence-corrected chi connectivity index (χ3v) is 3.14. The molecular formula is C12H10F3NO4S. The lowest BCUT2D eigenvalue weighted by molar-refractivity contribution is -0.137. The molecule has 0 aliphatic heterocycles. The summed E-state index contributed by atoms with van der Waals surface area (Å²) < 4.78 is 51.9. The molecule has 0 fully saturated rings. The third-order valence-electron chi connectivity index (χ3n) is 2.30. The molecule has 0 unspecified atom stereocenters. The van der Waals surface area contributed by atoms with Crippen LogP contribution in [0.5, 0.6) is 5.06 Å². The van der Waals surface area contributed by atoms with Crippen LogP contribution in [-0.4, -0.2) is 17.7 Å². The summed E-state index contributed by atoms with van der Waals surface area (Å²) in [5.74, 6) is -0.428. The first-order chi connectivity index (χ1) is 9.90. The minimum absolute atomic E-state index is 0.0161.